The summed E-state index contributed by atoms with van der Waals surface area (Å²) in [6.07, 6.45) is 81.9. The number of carbonyl (C=O) groups is 3. The van der Waals surface area contributed by atoms with Crippen LogP contribution >= 0.6 is 0 Å². The molecule has 0 saturated carbocycles. The lowest BCUT2D eigenvalue weighted by atomic mass is 10.0. The minimum Gasteiger partial charge on any atom is -0.462 e. The van der Waals surface area contributed by atoms with E-state index >= 15 is 0 Å². The summed E-state index contributed by atoms with van der Waals surface area (Å²) < 4.78 is 16.8. The Morgan fingerprint density at radius 1 is 0.284 bits per heavy atom. The van der Waals surface area contributed by atoms with E-state index in [0.717, 1.165) is 116 Å². The van der Waals surface area contributed by atoms with Crippen molar-refractivity contribution in [2.45, 2.75) is 316 Å². The van der Waals surface area contributed by atoms with Gasteiger partial charge in [-0.2, -0.15) is 0 Å². The van der Waals surface area contributed by atoms with Crippen LogP contribution in [0.5, 0.6) is 0 Å². The summed E-state index contributed by atoms with van der Waals surface area (Å²) in [4.78, 5) is 38.0. The highest BCUT2D eigenvalue weighted by Crippen LogP contribution is 2.16. The van der Waals surface area contributed by atoms with Crippen LogP contribution in [0.3, 0.4) is 0 Å². The molecule has 0 bridgehead atoms. The first kappa shape index (κ1) is 70.6. The van der Waals surface area contributed by atoms with E-state index in [1.54, 1.807) is 0 Å². The van der Waals surface area contributed by atoms with Gasteiger partial charge in [0, 0.05) is 19.3 Å². The van der Waals surface area contributed by atoms with E-state index in [2.05, 4.69) is 106 Å². The normalized spacial score (nSPS) is 12.6. The van der Waals surface area contributed by atoms with Gasteiger partial charge in [0.25, 0.3) is 0 Å². The molecule has 0 rings (SSSR count). The zero-order valence-electron chi connectivity index (χ0n) is 48.8. The third kappa shape index (κ3) is 59.5. The first-order chi connectivity index (χ1) is 36.5. The van der Waals surface area contributed by atoms with Crippen molar-refractivity contribution in [1.29, 1.82) is 0 Å². The first-order valence-corrected chi connectivity index (χ1v) is 31.6. The molecule has 1 unspecified atom stereocenters. The Morgan fingerprint density at radius 2 is 0.527 bits per heavy atom. The third-order valence-electron chi connectivity index (χ3n) is 13.6. The second-order valence-electron chi connectivity index (χ2n) is 20.9. The molecule has 0 radical (unpaired) electrons. The van der Waals surface area contributed by atoms with Crippen LogP contribution in [0.25, 0.3) is 0 Å². The Labute approximate surface area is 458 Å². The van der Waals surface area contributed by atoms with Crippen molar-refractivity contribution >= 4 is 17.9 Å². The molecule has 0 aliphatic heterocycles. The number of ether oxygens (including phenoxy) is 3. The van der Waals surface area contributed by atoms with Gasteiger partial charge in [-0.25, -0.2) is 0 Å². The van der Waals surface area contributed by atoms with Crippen molar-refractivity contribution in [1.82, 2.24) is 0 Å². The summed E-state index contributed by atoms with van der Waals surface area (Å²) in [5.41, 5.74) is 0. The molecular weight excluding hydrogens is 913 g/mol. The van der Waals surface area contributed by atoms with E-state index in [4.69, 9.17) is 14.2 Å². The van der Waals surface area contributed by atoms with Crippen LogP contribution in [-0.4, -0.2) is 37.2 Å². The number of allylic oxidation sites excluding steroid dienone is 14. The van der Waals surface area contributed by atoms with Gasteiger partial charge in [0.05, 0.1) is 0 Å². The Kier molecular flexibility index (Phi) is 59.3. The van der Waals surface area contributed by atoms with Crippen LogP contribution in [0.15, 0.2) is 85.1 Å². The van der Waals surface area contributed by atoms with E-state index in [9.17, 15) is 14.4 Å². The quantitative estimate of drug-likeness (QED) is 0.0261. The maximum Gasteiger partial charge on any atom is 0.306 e. The predicted octanol–water partition coefficient (Wildman–Crippen LogP) is 21.5. The smallest absolute Gasteiger partial charge is 0.306 e. The van der Waals surface area contributed by atoms with Gasteiger partial charge >= 0.3 is 17.9 Å². The first-order valence-electron chi connectivity index (χ1n) is 31.6. The van der Waals surface area contributed by atoms with E-state index in [-0.39, 0.29) is 31.1 Å². The van der Waals surface area contributed by atoms with Crippen LogP contribution in [0.4, 0.5) is 0 Å². The second-order valence-corrected chi connectivity index (χ2v) is 20.9. The lowest BCUT2D eigenvalue weighted by molar-refractivity contribution is -0.167. The maximum atomic E-state index is 12.8. The van der Waals surface area contributed by atoms with Crippen LogP contribution in [-0.2, 0) is 28.6 Å². The number of carbonyl (C=O) groups excluding carboxylic acids is 3. The van der Waals surface area contributed by atoms with Crippen molar-refractivity contribution < 1.29 is 28.6 Å². The summed E-state index contributed by atoms with van der Waals surface area (Å²) >= 11 is 0. The van der Waals surface area contributed by atoms with Gasteiger partial charge in [0.15, 0.2) is 6.10 Å². The van der Waals surface area contributed by atoms with Crippen LogP contribution in [0.1, 0.15) is 310 Å². The number of unbranched alkanes of at least 4 members (excludes halogenated alkanes) is 32. The Balaban J connectivity index is 4.03. The van der Waals surface area contributed by atoms with Gasteiger partial charge in [-0.05, 0) is 96.3 Å². The highest BCUT2D eigenvalue weighted by atomic mass is 16.6. The standard InChI is InChI=1S/C68H118O6/c1-4-7-10-13-16-18-20-22-24-26-27-28-29-30-31-32-33-34-35-36-37-38-39-40-41-42-44-45-47-49-52-55-58-61-67(70)73-64-65(63-72-66(69)60-57-54-51-15-12-9-6-3)74-68(71)62-59-56-53-50-48-46-43-25-23-21-19-17-14-11-8-5-2/h7,10,16,18-19,21-22,24-25,27-28,30-31,43,65H,4-6,8-9,11-15,17,20,23,26,29,32-42,44-64H2,1-3H3/b10-7-,18-16-,21-19-,24-22-,28-27-,31-30-,43-25-. The number of hydrogen-bond acceptors (Lipinski definition) is 6. The van der Waals surface area contributed by atoms with Gasteiger partial charge < -0.3 is 14.2 Å². The molecule has 0 N–H and O–H groups in total. The van der Waals surface area contributed by atoms with Crippen LogP contribution < -0.4 is 0 Å². The average Bonchev–Trinajstić information content (AvgIpc) is 3.40. The Morgan fingerprint density at radius 3 is 0.838 bits per heavy atom. The van der Waals surface area contributed by atoms with Gasteiger partial charge in [-0.1, -0.05) is 279 Å². The minimum absolute atomic E-state index is 0.0784. The van der Waals surface area contributed by atoms with E-state index in [1.807, 2.05) is 0 Å². The molecule has 0 aromatic heterocycles. The number of hydrogen-bond donors (Lipinski definition) is 0. The zero-order valence-corrected chi connectivity index (χ0v) is 48.8. The summed E-state index contributed by atoms with van der Waals surface area (Å²) in [6.45, 7) is 6.48. The van der Waals surface area contributed by atoms with Crippen molar-refractivity contribution in [3.05, 3.63) is 85.1 Å². The highest BCUT2D eigenvalue weighted by molar-refractivity contribution is 5.71. The van der Waals surface area contributed by atoms with Gasteiger partial charge in [0.1, 0.15) is 13.2 Å². The summed E-state index contributed by atoms with van der Waals surface area (Å²) in [6, 6.07) is 0. The maximum absolute atomic E-state index is 12.8. The molecular formula is C68H118O6. The molecule has 0 amide bonds. The minimum atomic E-state index is -0.779. The topological polar surface area (TPSA) is 78.9 Å². The molecule has 6 heteroatoms. The van der Waals surface area contributed by atoms with E-state index in [0.29, 0.717) is 19.3 Å². The molecule has 0 aliphatic carbocycles. The van der Waals surface area contributed by atoms with Crippen molar-refractivity contribution in [2.24, 2.45) is 0 Å². The Bertz CT molecular complexity index is 1420. The molecule has 426 valence electrons. The molecule has 0 heterocycles. The average molecular weight is 1030 g/mol. The van der Waals surface area contributed by atoms with Crippen molar-refractivity contribution in [2.75, 3.05) is 13.2 Å². The summed E-state index contributed by atoms with van der Waals surface area (Å²) in [7, 11) is 0. The van der Waals surface area contributed by atoms with Crippen LogP contribution in [0, 0.1) is 0 Å². The fourth-order valence-electron chi connectivity index (χ4n) is 8.91. The van der Waals surface area contributed by atoms with E-state index < -0.39 is 6.10 Å². The van der Waals surface area contributed by atoms with Gasteiger partial charge in [0.2, 0.25) is 0 Å². The fraction of sp³-hybridized carbons (Fsp3) is 0.750. The second kappa shape index (κ2) is 62.1. The van der Waals surface area contributed by atoms with Crippen molar-refractivity contribution in [3.63, 3.8) is 0 Å². The number of esters is 3. The monoisotopic (exact) mass is 1030 g/mol. The third-order valence-corrected chi connectivity index (χ3v) is 13.6. The fourth-order valence-corrected chi connectivity index (χ4v) is 8.91. The molecule has 0 spiro atoms. The molecule has 0 aromatic rings. The largest absolute Gasteiger partial charge is 0.462 e. The predicted molar refractivity (Wildman–Crippen MR) is 321 cm³/mol. The molecule has 0 aromatic carbocycles. The molecule has 74 heavy (non-hydrogen) atoms. The summed E-state index contributed by atoms with van der Waals surface area (Å²) in [5.74, 6) is -0.888. The summed E-state index contributed by atoms with van der Waals surface area (Å²) in [5, 5.41) is 0. The van der Waals surface area contributed by atoms with Crippen molar-refractivity contribution in [3.8, 4) is 0 Å². The molecule has 6 nitrogen and oxygen atoms in total. The SMILES string of the molecule is CC/C=C\C/C=C\C/C=C\C/C=C\C/C=C\CCCCCCCCCCCCCCCCCCCC(=O)OCC(COC(=O)CCCCCCCCC)OC(=O)CCCCCCC/C=C\C/C=C\CCCCCC. The number of rotatable bonds is 57. The van der Waals surface area contributed by atoms with Gasteiger partial charge in [-0.15, -0.1) is 0 Å². The lowest BCUT2D eigenvalue weighted by Crippen LogP contribution is -2.30. The van der Waals surface area contributed by atoms with Crippen LogP contribution in [0.2, 0.25) is 0 Å². The van der Waals surface area contributed by atoms with E-state index in [1.165, 1.54) is 154 Å². The molecule has 0 aliphatic rings. The Hall–Kier alpha value is -3.41. The zero-order chi connectivity index (χ0) is 53.6. The molecule has 0 saturated heterocycles. The van der Waals surface area contributed by atoms with Gasteiger partial charge in [-0.3, -0.25) is 14.4 Å². The molecule has 0 fully saturated rings. The highest BCUT2D eigenvalue weighted by Gasteiger charge is 2.19. The lowest BCUT2D eigenvalue weighted by Gasteiger charge is -2.18. The molecule has 1 atom stereocenters.